The molecule has 1 saturated heterocycles. The SMILES string of the molecule is O=C(c1cn[nH]c1)N1CCCOC1. The van der Waals surface area contributed by atoms with Crippen LogP contribution in [0.1, 0.15) is 16.8 Å². The van der Waals surface area contributed by atoms with Gasteiger partial charge >= 0.3 is 0 Å². The summed E-state index contributed by atoms with van der Waals surface area (Å²) < 4.78 is 5.18. The molecule has 0 spiro atoms. The molecular formula is C8H11N3O2. The highest BCUT2D eigenvalue weighted by Gasteiger charge is 2.18. The lowest BCUT2D eigenvalue weighted by Gasteiger charge is -2.26. The summed E-state index contributed by atoms with van der Waals surface area (Å²) in [5.41, 5.74) is 0.588. The van der Waals surface area contributed by atoms with Crippen LogP contribution in [-0.2, 0) is 4.74 Å². The highest BCUT2D eigenvalue weighted by molar-refractivity contribution is 5.93. The second kappa shape index (κ2) is 3.57. The summed E-state index contributed by atoms with van der Waals surface area (Å²) in [4.78, 5) is 13.3. The predicted octanol–water partition coefficient (Wildman–Crippen LogP) is 0.230. The van der Waals surface area contributed by atoms with Gasteiger partial charge in [-0.25, -0.2) is 0 Å². The monoisotopic (exact) mass is 181 g/mol. The van der Waals surface area contributed by atoms with Gasteiger partial charge in [0.1, 0.15) is 6.73 Å². The third kappa shape index (κ3) is 1.70. The molecule has 0 bridgehead atoms. The van der Waals surface area contributed by atoms with E-state index in [-0.39, 0.29) is 5.91 Å². The lowest BCUT2D eigenvalue weighted by atomic mass is 10.3. The van der Waals surface area contributed by atoms with E-state index in [1.807, 2.05) is 0 Å². The molecule has 70 valence electrons. The van der Waals surface area contributed by atoms with Crippen molar-refractivity contribution in [2.75, 3.05) is 19.9 Å². The summed E-state index contributed by atoms with van der Waals surface area (Å²) in [7, 11) is 0. The van der Waals surface area contributed by atoms with E-state index in [4.69, 9.17) is 4.74 Å². The zero-order valence-electron chi connectivity index (χ0n) is 7.19. The van der Waals surface area contributed by atoms with Gasteiger partial charge in [0.2, 0.25) is 0 Å². The van der Waals surface area contributed by atoms with Gasteiger partial charge in [-0.3, -0.25) is 9.89 Å². The zero-order valence-corrected chi connectivity index (χ0v) is 7.19. The molecule has 0 atom stereocenters. The molecule has 2 rings (SSSR count). The minimum Gasteiger partial charge on any atom is -0.361 e. The average Bonchev–Trinajstić information content (AvgIpc) is 2.71. The second-order valence-electron chi connectivity index (χ2n) is 2.95. The van der Waals surface area contributed by atoms with Crippen molar-refractivity contribution in [1.82, 2.24) is 15.1 Å². The van der Waals surface area contributed by atoms with Crippen molar-refractivity contribution in [3.05, 3.63) is 18.0 Å². The van der Waals surface area contributed by atoms with Crippen molar-refractivity contribution in [3.63, 3.8) is 0 Å². The molecule has 5 heteroatoms. The van der Waals surface area contributed by atoms with Crippen LogP contribution < -0.4 is 0 Å². The van der Waals surface area contributed by atoms with Gasteiger partial charge in [-0.1, -0.05) is 0 Å². The van der Waals surface area contributed by atoms with Gasteiger partial charge in [-0.15, -0.1) is 0 Å². The van der Waals surface area contributed by atoms with Gasteiger partial charge in [0.25, 0.3) is 5.91 Å². The van der Waals surface area contributed by atoms with Gasteiger partial charge in [0, 0.05) is 12.7 Å². The quantitative estimate of drug-likeness (QED) is 0.674. The zero-order chi connectivity index (χ0) is 9.10. The standard InChI is InChI=1S/C8H11N3O2/c12-8(7-4-9-10-5-7)11-2-1-3-13-6-11/h4-5H,1-3,6H2,(H,9,10). The van der Waals surface area contributed by atoms with Crippen LogP contribution in [0.5, 0.6) is 0 Å². The number of ether oxygens (including phenoxy) is 1. The van der Waals surface area contributed by atoms with E-state index in [9.17, 15) is 4.79 Å². The number of H-pyrrole nitrogens is 1. The third-order valence-corrected chi connectivity index (χ3v) is 2.00. The summed E-state index contributed by atoms with van der Waals surface area (Å²) in [5.74, 6) is -0.0200. The molecule has 1 aliphatic heterocycles. The number of nitrogens with zero attached hydrogens (tertiary/aromatic N) is 2. The molecule has 1 N–H and O–H groups in total. The van der Waals surface area contributed by atoms with Crippen LogP contribution in [0.3, 0.4) is 0 Å². The molecule has 0 radical (unpaired) electrons. The Morgan fingerprint density at radius 1 is 1.69 bits per heavy atom. The molecule has 1 aromatic heterocycles. The maximum Gasteiger partial charge on any atom is 0.258 e. The van der Waals surface area contributed by atoms with E-state index >= 15 is 0 Å². The van der Waals surface area contributed by atoms with E-state index in [1.54, 1.807) is 11.1 Å². The Hall–Kier alpha value is -1.36. The molecule has 1 amide bonds. The summed E-state index contributed by atoms with van der Waals surface area (Å²) in [6.07, 6.45) is 4.03. The topological polar surface area (TPSA) is 58.2 Å². The molecule has 1 fully saturated rings. The number of hydrogen-bond acceptors (Lipinski definition) is 3. The number of hydrogen-bond donors (Lipinski definition) is 1. The highest BCUT2D eigenvalue weighted by atomic mass is 16.5. The number of nitrogens with one attached hydrogen (secondary N) is 1. The first-order valence-electron chi connectivity index (χ1n) is 4.24. The number of amides is 1. The number of carbonyl (C=O) groups is 1. The van der Waals surface area contributed by atoms with Crippen LogP contribution in [0.15, 0.2) is 12.4 Å². The first kappa shape index (κ1) is 8.25. The largest absolute Gasteiger partial charge is 0.361 e. The van der Waals surface area contributed by atoms with Crippen molar-refractivity contribution in [2.24, 2.45) is 0 Å². The Morgan fingerprint density at radius 2 is 2.62 bits per heavy atom. The number of aromatic amines is 1. The van der Waals surface area contributed by atoms with Crippen LogP contribution in [0.4, 0.5) is 0 Å². The maximum absolute atomic E-state index is 11.6. The van der Waals surface area contributed by atoms with Crippen LogP contribution in [0.25, 0.3) is 0 Å². The summed E-state index contributed by atoms with van der Waals surface area (Å²) >= 11 is 0. The minimum atomic E-state index is -0.0200. The van der Waals surface area contributed by atoms with Gasteiger partial charge in [-0.05, 0) is 6.42 Å². The summed E-state index contributed by atoms with van der Waals surface area (Å²) in [5, 5.41) is 6.34. The molecule has 1 aliphatic rings. The average molecular weight is 181 g/mol. The maximum atomic E-state index is 11.6. The van der Waals surface area contributed by atoms with E-state index in [0.29, 0.717) is 12.3 Å². The second-order valence-corrected chi connectivity index (χ2v) is 2.95. The van der Waals surface area contributed by atoms with Gasteiger partial charge < -0.3 is 9.64 Å². The summed E-state index contributed by atoms with van der Waals surface area (Å²) in [6, 6.07) is 0. The molecular weight excluding hydrogens is 170 g/mol. The van der Waals surface area contributed by atoms with E-state index in [2.05, 4.69) is 10.2 Å². The van der Waals surface area contributed by atoms with Gasteiger partial charge in [0.15, 0.2) is 0 Å². The lowest BCUT2D eigenvalue weighted by Crippen LogP contribution is -2.38. The Balaban J connectivity index is 2.04. The molecule has 0 unspecified atom stereocenters. The van der Waals surface area contributed by atoms with Crippen molar-refractivity contribution in [2.45, 2.75) is 6.42 Å². The Kier molecular flexibility index (Phi) is 2.27. The lowest BCUT2D eigenvalue weighted by molar-refractivity contribution is -0.00570. The van der Waals surface area contributed by atoms with Gasteiger partial charge in [-0.2, -0.15) is 5.10 Å². The van der Waals surface area contributed by atoms with Crippen molar-refractivity contribution in [1.29, 1.82) is 0 Å². The van der Waals surface area contributed by atoms with Crippen LogP contribution in [0, 0.1) is 0 Å². The minimum absolute atomic E-state index is 0.0200. The fourth-order valence-electron chi connectivity index (χ4n) is 1.31. The van der Waals surface area contributed by atoms with Crippen molar-refractivity contribution in [3.8, 4) is 0 Å². The van der Waals surface area contributed by atoms with Crippen molar-refractivity contribution >= 4 is 5.91 Å². The molecule has 0 aliphatic carbocycles. The molecule has 5 nitrogen and oxygen atoms in total. The fraction of sp³-hybridized carbons (Fsp3) is 0.500. The third-order valence-electron chi connectivity index (χ3n) is 2.00. The molecule has 0 saturated carbocycles. The Morgan fingerprint density at radius 3 is 3.23 bits per heavy atom. The fourth-order valence-corrected chi connectivity index (χ4v) is 1.31. The van der Waals surface area contributed by atoms with Crippen molar-refractivity contribution < 1.29 is 9.53 Å². The number of carbonyl (C=O) groups excluding carboxylic acids is 1. The first-order chi connectivity index (χ1) is 6.38. The Bertz CT molecular complexity index is 278. The van der Waals surface area contributed by atoms with Crippen LogP contribution in [0.2, 0.25) is 0 Å². The molecule has 0 aromatic carbocycles. The molecule has 2 heterocycles. The molecule has 1 aromatic rings. The number of aromatic nitrogens is 2. The predicted molar refractivity (Wildman–Crippen MR) is 45.1 cm³/mol. The Labute approximate surface area is 75.7 Å². The highest BCUT2D eigenvalue weighted by Crippen LogP contribution is 2.06. The van der Waals surface area contributed by atoms with E-state index < -0.39 is 0 Å². The number of rotatable bonds is 1. The summed E-state index contributed by atoms with van der Waals surface area (Å²) in [6.45, 7) is 1.91. The van der Waals surface area contributed by atoms with E-state index in [1.165, 1.54) is 6.20 Å². The van der Waals surface area contributed by atoms with Crippen LogP contribution >= 0.6 is 0 Å². The van der Waals surface area contributed by atoms with Crippen LogP contribution in [-0.4, -0.2) is 40.9 Å². The normalized spacial score (nSPS) is 17.4. The smallest absolute Gasteiger partial charge is 0.258 e. The van der Waals surface area contributed by atoms with Gasteiger partial charge in [0.05, 0.1) is 18.4 Å². The molecule has 13 heavy (non-hydrogen) atoms. The van der Waals surface area contributed by atoms with E-state index in [0.717, 1.165) is 19.6 Å². The first-order valence-corrected chi connectivity index (χ1v) is 4.24.